The smallest absolute Gasteiger partial charge is 0.0873 e. The molecule has 0 rings (SSSR count). The van der Waals surface area contributed by atoms with Crippen LogP contribution in [0.1, 0.15) is 78.1 Å². The van der Waals surface area contributed by atoms with Gasteiger partial charge in [0.2, 0.25) is 0 Å². The molecule has 21 heavy (non-hydrogen) atoms. The second-order valence-electron chi connectivity index (χ2n) is 5.81. The number of hydrogen-bond acceptors (Lipinski definition) is 3. The summed E-state index contributed by atoms with van der Waals surface area (Å²) in [6.07, 6.45) is 16.6. The molecular weight excluding hydrogens is 264 g/mol. The third-order valence-electron chi connectivity index (χ3n) is 3.38. The van der Waals surface area contributed by atoms with Crippen molar-refractivity contribution in [2.45, 2.75) is 84.2 Å². The van der Waals surface area contributed by atoms with E-state index in [1.165, 1.54) is 57.8 Å². The lowest BCUT2D eigenvalue weighted by Crippen LogP contribution is -2.10. The lowest BCUT2D eigenvalue weighted by atomic mass is 10.1. The Labute approximate surface area is 131 Å². The van der Waals surface area contributed by atoms with Crippen LogP contribution in [0.5, 0.6) is 0 Å². The quantitative estimate of drug-likeness (QED) is 0.327. The van der Waals surface area contributed by atoms with Gasteiger partial charge in [-0.3, -0.25) is 0 Å². The summed E-state index contributed by atoms with van der Waals surface area (Å²) in [6.45, 7) is 5.65. The zero-order chi connectivity index (χ0) is 15.6. The lowest BCUT2D eigenvalue weighted by Gasteiger charge is -2.04. The van der Waals surface area contributed by atoms with Gasteiger partial charge in [-0.25, -0.2) is 0 Å². The minimum atomic E-state index is -0.397. The SMILES string of the molecule is CCCCCCCCCCCCOC=CCOCC(C)O. The van der Waals surface area contributed by atoms with Crippen molar-refractivity contribution in [2.24, 2.45) is 0 Å². The second kappa shape index (κ2) is 17.5. The van der Waals surface area contributed by atoms with E-state index in [2.05, 4.69) is 6.92 Å². The van der Waals surface area contributed by atoms with Crippen molar-refractivity contribution < 1.29 is 14.6 Å². The summed E-state index contributed by atoms with van der Waals surface area (Å²) in [5.74, 6) is 0. The molecule has 126 valence electrons. The van der Waals surface area contributed by atoms with E-state index in [0.29, 0.717) is 13.2 Å². The van der Waals surface area contributed by atoms with E-state index in [1.807, 2.05) is 6.08 Å². The average molecular weight is 300 g/mol. The number of unbranched alkanes of at least 4 members (excludes halogenated alkanes) is 9. The molecule has 1 unspecified atom stereocenters. The Hall–Kier alpha value is -0.540. The van der Waals surface area contributed by atoms with E-state index in [-0.39, 0.29) is 0 Å². The molecule has 1 N–H and O–H groups in total. The van der Waals surface area contributed by atoms with Crippen LogP contribution in [-0.2, 0) is 9.47 Å². The van der Waals surface area contributed by atoms with Gasteiger partial charge in [-0.15, -0.1) is 0 Å². The van der Waals surface area contributed by atoms with E-state index in [0.717, 1.165) is 13.0 Å². The van der Waals surface area contributed by atoms with Gasteiger partial charge in [-0.1, -0.05) is 64.7 Å². The largest absolute Gasteiger partial charge is 0.501 e. The summed E-state index contributed by atoms with van der Waals surface area (Å²) in [7, 11) is 0. The fourth-order valence-corrected chi connectivity index (χ4v) is 2.15. The van der Waals surface area contributed by atoms with Crippen LogP contribution >= 0.6 is 0 Å². The number of rotatable bonds is 16. The maximum atomic E-state index is 8.99. The van der Waals surface area contributed by atoms with E-state index in [1.54, 1.807) is 13.2 Å². The van der Waals surface area contributed by atoms with Crippen LogP contribution in [0.3, 0.4) is 0 Å². The van der Waals surface area contributed by atoms with Gasteiger partial charge in [0, 0.05) is 0 Å². The molecule has 0 aromatic rings. The van der Waals surface area contributed by atoms with Gasteiger partial charge in [0.1, 0.15) is 0 Å². The van der Waals surface area contributed by atoms with Crippen LogP contribution < -0.4 is 0 Å². The summed E-state index contributed by atoms with van der Waals surface area (Å²) in [5.41, 5.74) is 0. The molecule has 0 heterocycles. The predicted octanol–water partition coefficient (Wildman–Crippen LogP) is 4.84. The Morgan fingerprint density at radius 2 is 1.48 bits per heavy atom. The second-order valence-corrected chi connectivity index (χ2v) is 5.81. The first-order valence-electron chi connectivity index (χ1n) is 8.79. The van der Waals surface area contributed by atoms with Gasteiger partial charge >= 0.3 is 0 Å². The van der Waals surface area contributed by atoms with Crippen LogP contribution in [0.4, 0.5) is 0 Å². The Morgan fingerprint density at radius 3 is 2.05 bits per heavy atom. The predicted molar refractivity (Wildman–Crippen MR) is 89.4 cm³/mol. The molecule has 3 heteroatoms. The molecule has 0 aliphatic carbocycles. The lowest BCUT2D eigenvalue weighted by molar-refractivity contribution is 0.0590. The van der Waals surface area contributed by atoms with Crippen LogP contribution in [0.2, 0.25) is 0 Å². The number of hydrogen-bond donors (Lipinski definition) is 1. The summed E-state index contributed by atoms with van der Waals surface area (Å²) in [4.78, 5) is 0. The van der Waals surface area contributed by atoms with Crippen molar-refractivity contribution in [1.29, 1.82) is 0 Å². The molecule has 0 aliphatic heterocycles. The van der Waals surface area contributed by atoms with Crippen molar-refractivity contribution in [3.05, 3.63) is 12.3 Å². The highest BCUT2D eigenvalue weighted by atomic mass is 16.5. The van der Waals surface area contributed by atoms with Crippen molar-refractivity contribution in [3.63, 3.8) is 0 Å². The zero-order valence-electron chi connectivity index (χ0n) is 14.2. The van der Waals surface area contributed by atoms with Gasteiger partial charge in [-0.05, 0) is 19.4 Å². The molecule has 0 radical (unpaired) electrons. The fourth-order valence-electron chi connectivity index (χ4n) is 2.15. The van der Waals surface area contributed by atoms with Crippen molar-refractivity contribution in [3.8, 4) is 0 Å². The number of aliphatic hydroxyl groups excluding tert-OH is 1. The highest BCUT2D eigenvalue weighted by molar-refractivity contribution is 4.72. The third kappa shape index (κ3) is 19.5. The minimum absolute atomic E-state index is 0.378. The molecule has 0 bridgehead atoms. The number of aliphatic hydroxyl groups is 1. The van der Waals surface area contributed by atoms with E-state index in [9.17, 15) is 0 Å². The standard InChI is InChI=1S/C18H36O3/c1-3-4-5-6-7-8-9-10-11-12-14-20-15-13-16-21-17-18(2)19/h13,15,18-19H,3-12,14,16-17H2,1-2H3. The first kappa shape index (κ1) is 20.5. The molecule has 1 atom stereocenters. The maximum absolute atomic E-state index is 8.99. The normalized spacial score (nSPS) is 12.9. The molecule has 0 aromatic heterocycles. The van der Waals surface area contributed by atoms with Crippen LogP contribution in [0.15, 0.2) is 12.3 Å². The number of ether oxygens (including phenoxy) is 2. The molecule has 0 amide bonds. The Kier molecular flexibility index (Phi) is 17.1. The highest BCUT2D eigenvalue weighted by Crippen LogP contribution is 2.10. The third-order valence-corrected chi connectivity index (χ3v) is 3.38. The minimum Gasteiger partial charge on any atom is -0.501 e. The summed E-state index contributed by atoms with van der Waals surface area (Å²) in [6, 6.07) is 0. The zero-order valence-corrected chi connectivity index (χ0v) is 14.2. The molecule has 0 aromatic carbocycles. The fraction of sp³-hybridized carbons (Fsp3) is 0.889. The maximum Gasteiger partial charge on any atom is 0.0873 e. The Balaban J connectivity index is 3.03. The molecule has 3 nitrogen and oxygen atoms in total. The van der Waals surface area contributed by atoms with Crippen molar-refractivity contribution in [2.75, 3.05) is 19.8 Å². The van der Waals surface area contributed by atoms with Crippen LogP contribution in [0.25, 0.3) is 0 Å². The van der Waals surface area contributed by atoms with E-state index >= 15 is 0 Å². The van der Waals surface area contributed by atoms with Crippen LogP contribution in [0, 0.1) is 0 Å². The van der Waals surface area contributed by atoms with Gasteiger partial charge < -0.3 is 14.6 Å². The van der Waals surface area contributed by atoms with Gasteiger partial charge in [0.05, 0.1) is 32.2 Å². The van der Waals surface area contributed by atoms with Gasteiger partial charge in [-0.2, -0.15) is 0 Å². The first-order valence-corrected chi connectivity index (χ1v) is 8.79. The Bertz CT molecular complexity index is 215. The van der Waals surface area contributed by atoms with Gasteiger partial charge in [0.25, 0.3) is 0 Å². The summed E-state index contributed by atoms with van der Waals surface area (Å²) >= 11 is 0. The molecule has 0 fully saturated rings. The molecule has 0 saturated carbocycles. The van der Waals surface area contributed by atoms with Crippen LogP contribution in [-0.4, -0.2) is 31.0 Å². The molecular formula is C18H36O3. The van der Waals surface area contributed by atoms with Gasteiger partial charge in [0.15, 0.2) is 0 Å². The average Bonchev–Trinajstić information content (AvgIpc) is 2.46. The van der Waals surface area contributed by atoms with E-state index in [4.69, 9.17) is 14.6 Å². The Morgan fingerprint density at radius 1 is 0.905 bits per heavy atom. The first-order chi connectivity index (χ1) is 10.3. The molecule has 0 aliphatic rings. The topological polar surface area (TPSA) is 38.7 Å². The molecule has 0 saturated heterocycles. The molecule has 0 spiro atoms. The van der Waals surface area contributed by atoms with Crippen molar-refractivity contribution in [1.82, 2.24) is 0 Å². The monoisotopic (exact) mass is 300 g/mol. The highest BCUT2D eigenvalue weighted by Gasteiger charge is 1.93. The summed E-state index contributed by atoms with van der Waals surface area (Å²) in [5, 5.41) is 8.99. The van der Waals surface area contributed by atoms with E-state index < -0.39 is 6.10 Å². The van der Waals surface area contributed by atoms with Crippen molar-refractivity contribution >= 4 is 0 Å². The summed E-state index contributed by atoms with van der Waals surface area (Å²) < 4.78 is 10.6.